The molecule has 2 aromatic carbocycles. The molecule has 0 aromatic heterocycles. The molecule has 1 N–H and O–H groups in total. The van der Waals surface area contributed by atoms with E-state index in [0.717, 1.165) is 6.26 Å². The first-order chi connectivity index (χ1) is 10.6. The van der Waals surface area contributed by atoms with Crippen molar-refractivity contribution in [3.8, 4) is 5.75 Å². The molecular weight excluding hydrogens is 338 g/mol. The van der Waals surface area contributed by atoms with Crippen molar-refractivity contribution in [3.63, 3.8) is 0 Å². The van der Waals surface area contributed by atoms with Crippen LogP contribution in [0.4, 0.5) is 0 Å². The van der Waals surface area contributed by atoms with Crippen LogP contribution in [0.1, 0.15) is 13.8 Å². The Morgan fingerprint density at radius 1 is 0.913 bits per heavy atom. The molecular formula is C15H19NO5S2. The lowest BCUT2D eigenvalue weighted by molar-refractivity contribution is 0.431. The summed E-state index contributed by atoms with van der Waals surface area (Å²) in [5.74, 6) is -0.431. The van der Waals surface area contributed by atoms with E-state index in [2.05, 4.69) is 0 Å². The highest BCUT2D eigenvalue weighted by atomic mass is 32.2. The van der Waals surface area contributed by atoms with E-state index in [1.165, 1.54) is 34.6 Å². The lowest BCUT2D eigenvalue weighted by Gasteiger charge is -2.19. The Bertz CT molecular complexity index is 945. The smallest absolute Gasteiger partial charge is 0.246 e. The van der Waals surface area contributed by atoms with Crippen molar-refractivity contribution in [2.45, 2.75) is 23.6 Å². The Morgan fingerprint density at radius 3 is 2.04 bits per heavy atom. The molecule has 2 aromatic rings. The molecule has 8 heteroatoms. The van der Waals surface area contributed by atoms with Gasteiger partial charge in [0.25, 0.3) is 0 Å². The minimum atomic E-state index is -3.84. The molecule has 0 heterocycles. The standard InChI is InChI=1S/C15H19NO5S2/c1-4-16(5-2)23(20,21)14-10-9-11-12(15(14)17)7-6-8-13(11)22(3,18)19/h6-10,17H,4-5H2,1-3H3. The maximum Gasteiger partial charge on any atom is 0.246 e. The molecule has 23 heavy (non-hydrogen) atoms. The summed E-state index contributed by atoms with van der Waals surface area (Å²) in [5, 5.41) is 10.9. The van der Waals surface area contributed by atoms with E-state index in [1.807, 2.05) is 0 Å². The van der Waals surface area contributed by atoms with Gasteiger partial charge in [0.2, 0.25) is 10.0 Å². The van der Waals surface area contributed by atoms with Crippen LogP contribution in [0.15, 0.2) is 40.1 Å². The van der Waals surface area contributed by atoms with Gasteiger partial charge < -0.3 is 5.11 Å². The van der Waals surface area contributed by atoms with E-state index in [-0.39, 0.29) is 28.3 Å². The molecule has 0 radical (unpaired) electrons. The van der Waals surface area contributed by atoms with Crippen LogP contribution in [-0.2, 0) is 19.9 Å². The number of fused-ring (bicyclic) bond motifs is 1. The number of rotatable bonds is 5. The average Bonchev–Trinajstić information content (AvgIpc) is 2.46. The fourth-order valence-corrected chi connectivity index (χ4v) is 4.98. The minimum Gasteiger partial charge on any atom is -0.506 e. The first-order valence-electron chi connectivity index (χ1n) is 7.09. The molecule has 0 saturated heterocycles. The van der Waals surface area contributed by atoms with Gasteiger partial charge in [0.05, 0.1) is 4.90 Å². The number of nitrogens with zero attached hydrogens (tertiary/aromatic N) is 1. The Kier molecular flexibility index (Phi) is 4.70. The van der Waals surface area contributed by atoms with Crippen LogP contribution in [0.2, 0.25) is 0 Å². The summed E-state index contributed by atoms with van der Waals surface area (Å²) in [6.45, 7) is 3.97. The Morgan fingerprint density at radius 2 is 1.52 bits per heavy atom. The molecule has 0 bridgehead atoms. The fourth-order valence-electron chi connectivity index (χ4n) is 2.53. The number of aromatic hydroxyl groups is 1. The van der Waals surface area contributed by atoms with Crippen molar-refractivity contribution in [3.05, 3.63) is 30.3 Å². The summed E-state index contributed by atoms with van der Waals surface area (Å²) in [6, 6.07) is 7.07. The number of sulfonamides is 1. The normalized spacial score (nSPS) is 12.9. The minimum absolute atomic E-state index is 0.0529. The van der Waals surface area contributed by atoms with Crippen LogP contribution in [0.5, 0.6) is 5.75 Å². The Hall–Kier alpha value is -1.64. The molecule has 126 valence electrons. The lowest BCUT2D eigenvalue weighted by atomic mass is 10.1. The molecule has 2 rings (SSSR count). The number of hydrogen-bond acceptors (Lipinski definition) is 5. The van der Waals surface area contributed by atoms with E-state index in [0.29, 0.717) is 5.39 Å². The maximum absolute atomic E-state index is 12.6. The van der Waals surface area contributed by atoms with Crippen LogP contribution in [0, 0.1) is 0 Å². The van der Waals surface area contributed by atoms with Crippen LogP contribution in [0.25, 0.3) is 10.8 Å². The predicted octanol–water partition coefficient (Wildman–Crippen LogP) is 1.98. The average molecular weight is 357 g/mol. The van der Waals surface area contributed by atoms with Gasteiger partial charge in [0.15, 0.2) is 9.84 Å². The van der Waals surface area contributed by atoms with Gasteiger partial charge in [-0.15, -0.1) is 0 Å². The molecule has 0 saturated carbocycles. The first kappa shape index (κ1) is 17.7. The summed E-state index contributed by atoms with van der Waals surface area (Å²) >= 11 is 0. The van der Waals surface area contributed by atoms with Crippen LogP contribution in [0.3, 0.4) is 0 Å². The first-order valence-corrected chi connectivity index (χ1v) is 10.4. The van der Waals surface area contributed by atoms with Gasteiger partial charge in [0.1, 0.15) is 10.6 Å². The second-order valence-electron chi connectivity index (χ2n) is 5.13. The SMILES string of the molecule is CCN(CC)S(=O)(=O)c1ccc2c(S(C)(=O)=O)cccc2c1O. The van der Waals surface area contributed by atoms with Crippen molar-refractivity contribution in [1.29, 1.82) is 0 Å². The zero-order valence-electron chi connectivity index (χ0n) is 13.1. The van der Waals surface area contributed by atoms with Crippen molar-refractivity contribution in [2.24, 2.45) is 0 Å². The number of hydrogen-bond donors (Lipinski definition) is 1. The van der Waals surface area contributed by atoms with Crippen LogP contribution < -0.4 is 0 Å². The Balaban J connectivity index is 2.80. The molecule has 0 atom stereocenters. The van der Waals surface area contributed by atoms with Gasteiger partial charge in [-0.25, -0.2) is 16.8 Å². The molecule has 0 unspecified atom stereocenters. The third-order valence-electron chi connectivity index (χ3n) is 3.68. The maximum atomic E-state index is 12.6. The molecule has 0 aliphatic rings. The van der Waals surface area contributed by atoms with Gasteiger partial charge in [-0.2, -0.15) is 4.31 Å². The lowest BCUT2D eigenvalue weighted by Crippen LogP contribution is -2.30. The van der Waals surface area contributed by atoms with E-state index < -0.39 is 25.6 Å². The summed E-state index contributed by atoms with van der Waals surface area (Å²) in [5.41, 5.74) is 0. The molecule has 0 fully saturated rings. The number of phenolic OH excluding ortho intramolecular Hbond substituents is 1. The van der Waals surface area contributed by atoms with E-state index >= 15 is 0 Å². The van der Waals surface area contributed by atoms with Gasteiger partial charge >= 0.3 is 0 Å². The van der Waals surface area contributed by atoms with Gasteiger partial charge in [0, 0.05) is 30.1 Å². The second-order valence-corrected chi connectivity index (χ2v) is 9.02. The highest BCUT2D eigenvalue weighted by molar-refractivity contribution is 7.91. The van der Waals surface area contributed by atoms with E-state index in [9.17, 15) is 21.9 Å². The highest BCUT2D eigenvalue weighted by Crippen LogP contribution is 2.36. The summed E-state index contributed by atoms with van der Waals surface area (Å²) in [6.07, 6.45) is 1.07. The van der Waals surface area contributed by atoms with Gasteiger partial charge in [-0.3, -0.25) is 0 Å². The molecule has 0 aliphatic heterocycles. The summed E-state index contributed by atoms with van der Waals surface area (Å²) in [4.78, 5) is -0.170. The van der Waals surface area contributed by atoms with Crippen molar-refractivity contribution in [2.75, 3.05) is 19.3 Å². The highest BCUT2D eigenvalue weighted by Gasteiger charge is 2.26. The van der Waals surface area contributed by atoms with Gasteiger partial charge in [-0.1, -0.05) is 32.0 Å². The monoisotopic (exact) mass is 357 g/mol. The van der Waals surface area contributed by atoms with Crippen molar-refractivity contribution >= 4 is 30.6 Å². The molecule has 0 amide bonds. The fraction of sp³-hybridized carbons (Fsp3) is 0.333. The second kappa shape index (κ2) is 6.10. The number of benzene rings is 2. The predicted molar refractivity (Wildman–Crippen MR) is 88.8 cm³/mol. The van der Waals surface area contributed by atoms with Crippen LogP contribution in [-0.4, -0.2) is 45.6 Å². The topological polar surface area (TPSA) is 91.8 Å². The number of phenols is 1. The van der Waals surface area contributed by atoms with E-state index in [4.69, 9.17) is 0 Å². The van der Waals surface area contributed by atoms with Crippen molar-refractivity contribution in [1.82, 2.24) is 4.31 Å². The largest absolute Gasteiger partial charge is 0.506 e. The van der Waals surface area contributed by atoms with Gasteiger partial charge in [-0.05, 0) is 12.1 Å². The van der Waals surface area contributed by atoms with Crippen molar-refractivity contribution < 1.29 is 21.9 Å². The zero-order chi connectivity index (χ0) is 17.4. The van der Waals surface area contributed by atoms with Crippen LogP contribution >= 0.6 is 0 Å². The molecule has 0 spiro atoms. The molecule has 0 aliphatic carbocycles. The summed E-state index contributed by atoms with van der Waals surface area (Å²) in [7, 11) is -7.33. The quantitative estimate of drug-likeness (QED) is 0.883. The number of sulfone groups is 1. The van der Waals surface area contributed by atoms with E-state index in [1.54, 1.807) is 13.8 Å². The summed E-state index contributed by atoms with van der Waals surface area (Å²) < 4.78 is 50.1. The third-order valence-corrected chi connectivity index (χ3v) is 6.92. The Labute approximate surface area is 136 Å². The molecule has 6 nitrogen and oxygen atoms in total. The zero-order valence-corrected chi connectivity index (χ0v) is 14.8. The third kappa shape index (κ3) is 3.06.